The summed E-state index contributed by atoms with van der Waals surface area (Å²) in [5.41, 5.74) is -1.57. The van der Waals surface area contributed by atoms with Gasteiger partial charge >= 0.3 is 5.97 Å². The molecule has 0 spiro atoms. The molecule has 6 heteroatoms. The van der Waals surface area contributed by atoms with Crippen LogP contribution in [0, 0.1) is 5.92 Å². The highest BCUT2D eigenvalue weighted by atomic mass is 32.2. The summed E-state index contributed by atoms with van der Waals surface area (Å²) < 4.78 is 22.6. The van der Waals surface area contributed by atoms with Gasteiger partial charge in [0.25, 0.3) is 0 Å². The molecular weight excluding hydrogens is 232 g/mol. The molecule has 0 radical (unpaired) electrons. The lowest BCUT2D eigenvalue weighted by atomic mass is 9.83. The van der Waals surface area contributed by atoms with Gasteiger partial charge in [-0.05, 0) is 12.8 Å². The Balaban J connectivity index is 2.82. The van der Waals surface area contributed by atoms with Gasteiger partial charge in [-0.1, -0.05) is 19.8 Å². The Bertz CT molecular complexity index is 361. The van der Waals surface area contributed by atoms with Crippen LogP contribution in [0.15, 0.2) is 0 Å². The highest BCUT2D eigenvalue weighted by molar-refractivity contribution is 7.91. The van der Waals surface area contributed by atoms with E-state index in [1.165, 1.54) is 0 Å². The van der Waals surface area contributed by atoms with Crippen molar-refractivity contribution in [3.63, 3.8) is 0 Å². The molecule has 94 valence electrons. The molecule has 1 saturated heterocycles. The number of carboxylic acid groups (broad SMARTS) is 1. The van der Waals surface area contributed by atoms with Gasteiger partial charge in [-0.15, -0.1) is 0 Å². The van der Waals surface area contributed by atoms with E-state index in [1.54, 1.807) is 0 Å². The lowest BCUT2D eigenvalue weighted by Gasteiger charge is -2.28. The monoisotopic (exact) mass is 250 g/mol. The van der Waals surface area contributed by atoms with Gasteiger partial charge in [-0.25, -0.2) is 8.42 Å². The van der Waals surface area contributed by atoms with Crippen molar-refractivity contribution in [3.05, 3.63) is 0 Å². The molecule has 1 heterocycles. The largest absolute Gasteiger partial charge is 0.481 e. The quantitative estimate of drug-likeness (QED) is 0.738. The van der Waals surface area contributed by atoms with E-state index in [2.05, 4.69) is 0 Å². The minimum absolute atomic E-state index is 0.0377. The smallest absolute Gasteiger partial charge is 0.309 e. The maximum atomic E-state index is 11.3. The molecule has 0 amide bonds. The molecule has 2 N–H and O–H groups in total. The fraction of sp³-hybridized carbons (Fsp3) is 0.900. The van der Waals surface area contributed by atoms with Crippen LogP contribution in [0.2, 0.25) is 0 Å². The Morgan fingerprint density at radius 2 is 2.12 bits per heavy atom. The lowest BCUT2D eigenvalue weighted by molar-refractivity contribution is -0.151. The summed E-state index contributed by atoms with van der Waals surface area (Å²) in [6, 6.07) is 0. The van der Waals surface area contributed by atoms with Crippen molar-refractivity contribution >= 4 is 15.8 Å². The molecule has 2 unspecified atom stereocenters. The summed E-state index contributed by atoms with van der Waals surface area (Å²) in [6.45, 7) is 1.92. The van der Waals surface area contributed by atoms with E-state index in [0.29, 0.717) is 12.8 Å². The molecule has 1 aliphatic heterocycles. The first-order chi connectivity index (χ1) is 7.31. The van der Waals surface area contributed by atoms with Gasteiger partial charge in [0.05, 0.1) is 23.0 Å². The summed E-state index contributed by atoms with van der Waals surface area (Å²) >= 11 is 0. The Kier molecular flexibility index (Phi) is 3.96. The zero-order chi connectivity index (χ0) is 12.4. The molecule has 0 bridgehead atoms. The van der Waals surface area contributed by atoms with E-state index in [0.717, 1.165) is 6.42 Å². The van der Waals surface area contributed by atoms with Gasteiger partial charge in [-0.2, -0.15) is 0 Å². The fourth-order valence-electron chi connectivity index (χ4n) is 2.16. The van der Waals surface area contributed by atoms with E-state index in [4.69, 9.17) is 5.11 Å². The van der Waals surface area contributed by atoms with Crippen LogP contribution in [-0.4, -0.2) is 41.7 Å². The maximum Gasteiger partial charge on any atom is 0.309 e. The van der Waals surface area contributed by atoms with Crippen molar-refractivity contribution in [1.29, 1.82) is 0 Å². The minimum Gasteiger partial charge on any atom is -0.481 e. The van der Waals surface area contributed by atoms with Crippen molar-refractivity contribution in [2.45, 2.75) is 38.2 Å². The highest BCUT2D eigenvalue weighted by Gasteiger charge is 2.49. The Hall–Kier alpha value is -0.620. The Morgan fingerprint density at radius 3 is 2.50 bits per heavy atom. The van der Waals surface area contributed by atoms with Crippen molar-refractivity contribution < 1.29 is 23.4 Å². The number of hydrogen-bond donors (Lipinski definition) is 2. The van der Waals surface area contributed by atoms with Crippen molar-refractivity contribution in [2.75, 3.05) is 11.5 Å². The number of unbranched alkanes of at least 4 members (excludes halogenated alkanes) is 1. The van der Waals surface area contributed by atoms with Crippen LogP contribution in [0.1, 0.15) is 32.6 Å². The second kappa shape index (κ2) is 4.71. The van der Waals surface area contributed by atoms with Gasteiger partial charge < -0.3 is 10.2 Å². The van der Waals surface area contributed by atoms with Crippen LogP contribution in [-0.2, 0) is 14.6 Å². The summed E-state index contributed by atoms with van der Waals surface area (Å²) in [4.78, 5) is 11.1. The number of rotatable bonds is 5. The Labute approximate surface area is 95.4 Å². The van der Waals surface area contributed by atoms with Crippen LogP contribution >= 0.6 is 0 Å². The molecule has 0 aliphatic carbocycles. The molecule has 0 aromatic carbocycles. The van der Waals surface area contributed by atoms with Crippen molar-refractivity contribution in [3.8, 4) is 0 Å². The molecule has 1 rings (SSSR count). The summed E-state index contributed by atoms with van der Waals surface area (Å²) in [7, 11) is -3.27. The van der Waals surface area contributed by atoms with Gasteiger partial charge in [0.15, 0.2) is 9.84 Å². The molecule has 16 heavy (non-hydrogen) atoms. The molecule has 2 atom stereocenters. The number of hydrogen-bond acceptors (Lipinski definition) is 4. The SMILES string of the molecule is CCCCC(C(=O)O)C1(O)CCS(=O)(=O)C1. The highest BCUT2D eigenvalue weighted by Crippen LogP contribution is 2.33. The summed E-state index contributed by atoms with van der Waals surface area (Å²) in [5.74, 6) is -2.60. The normalized spacial score (nSPS) is 30.1. The zero-order valence-corrected chi connectivity index (χ0v) is 10.2. The van der Waals surface area contributed by atoms with Crippen molar-refractivity contribution in [2.24, 2.45) is 5.92 Å². The van der Waals surface area contributed by atoms with Gasteiger partial charge in [0.2, 0.25) is 0 Å². The minimum atomic E-state index is -3.27. The fourth-order valence-corrected chi connectivity index (χ4v) is 4.08. The Morgan fingerprint density at radius 1 is 1.50 bits per heavy atom. The first kappa shape index (κ1) is 13.4. The molecular formula is C10H18O5S. The molecule has 0 aromatic rings. The van der Waals surface area contributed by atoms with E-state index >= 15 is 0 Å². The molecule has 1 fully saturated rings. The van der Waals surface area contributed by atoms with Crippen LogP contribution in [0.4, 0.5) is 0 Å². The van der Waals surface area contributed by atoms with Crippen LogP contribution in [0.25, 0.3) is 0 Å². The molecule has 0 aromatic heterocycles. The number of sulfone groups is 1. The van der Waals surface area contributed by atoms with Crippen LogP contribution < -0.4 is 0 Å². The predicted octanol–water partition coefficient (Wildman–Crippen LogP) is 0.427. The topological polar surface area (TPSA) is 91.7 Å². The molecule has 5 nitrogen and oxygen atoms in total. The van der Waals surface area contributed by atoms with E-state index in [-0.39, 0.29) is 12.2 Å². The standard InChI is InChI=1S/C10H18O5S/c1-2-3-4-8(9(11)12)10(13)5-6-16(14,15)7-10/h8,13H,2-7H2,1H3,(H,11,12). The van der Waals surface area contributed by atoms with Crippen LogP contribution in [0.5, 0.6) is 0 Å². The third-order valence-corrected chi connectivity index (χ3v) is 4.87. The van der Waals surface area contributed by atoms with Gasteiger partial charge in [0.1, 0.15) is 0 Å². The van der Waals surface area contributed by atoms with Gasteiger partial charge in [-0.3, -0.25) is 4.79 Å². The van der Waals surface area contributed by atoms with Crippen molar-refractivity contribution in [1.82, 2.24) is 0 Å². The summed E-state index contributed by atoms with van der Waals surface area (Å²) in [6.07, 6.45) is 1.87. The second-order valence-electron chi connectivity index (χ2n) is 4.48. The zero-order valence-electron chi connectivity index (χ0n) is 9.35. The number of aliphatic carboxylic acids is 1. The maximum absolute atomic E-state index is 11.3. The first-order valence-electron chi connectivity index (χ1n) is 5.46. The lowest BCUT2D eigenvalue weighted by Crippen LogP contribution is -2.43. The average Bonchev–Trinajstić information content (AvgIpc) is 2.41. The van der Waals surface area contributed by atoms with Gasteiger partial charge in [0, 0.05) is 0 Å². The van der Waals surface area contributed by atoms with Crippen LogP contribution in [0.3, 0.4) is 0 Å². The predicted molar refractivity (Wildman–Crippen MR) is 58.9 cm³/mol. The van der Waals surface area contributed by atoms with E-state index in [1.807, 2.05) is 6.92 Å². The molecule has 1 aliphatic rings. The number of aliphatic hydroxyl groups is 1. The summed E-state index contributed by atoms with van der Waals surface area (Å²) in [5, 5.41) is 19.2. The number of carboxylic acids is 1. The first-order valence-corrected chi connectivity index (χ1v) is 7.28. The average molecular weight is 250 g/mol. The second-order valence-corrected chi connectivity index (χ2v) is 6.66. The third-order valence-electron chi connectivity index (χ3n) is 3.11. The van der Waals surface area contributed by atoms with E-state index in [9.17, 15) is 18.3 Å². The van der Waals surface area contributed by atoms with E-state index < -0.39 is 33.1 Å². The molecule has 0 saturated carbocycles. The number of carbonyl (C=O) groups is 1. The third kappa shape index (κ3) is 2.95.